The van der Waals surface area contributed by atoms with Gasteiger partial charge in [-0.3, -0.25) is 0 Å². The number of hydrogen-bond acceptors (Lipinski definition) is 2. The fourth-order valence-electron chi connectivity index (χ4n) is 1.88. The first-order chi connectivity index (χ1) is 7.74. The van der Waals surface area contributed by atoms with E-state index >= 15 is 0 Å². The summed E-state index contributed by atoms with van der Waals surface area (Å²) in [5, 5.41) is 4.06. The van der Waals surface area contributed by atoms with Crippen LogP contribution in [0, 0.1) is 6.92 Å². The van der Waals surface area contributed by atoms with Crippen LogP contribution in [0.2, 0.25) is 5.02 Å². The van der Waals surface area contributed by atoms with E-state index in [9.17, 15) is 0 Å². The molecule has 0 aliphatic rings. The predicted octanol–water partition coefficient (Wildman–Crippen LogP) is 3.55. The molecule has 3 heteroatoms. The maximum Gasteiger partial charge on any atom is 0.0953 e. The summed E-state index contributed by atoms with van der Waals surface area (Å²) >= 11 is 6.13. The second-order valence-corrected chi connectivity index (χ2v) is 4.14. The molecule has 0 amide bonds. The van der Waals surface area contributed by atoms with E-state index in [0.717, 1.165) is 16.1 Å². The summed E-state index contributed by atoms with van der Waals surface area (Å²) in [6, 6.07) is 8.03. The van der Waals surface area contributed by atoms with Crippen molar-refractivity contribution >= 4 is 11.6 Å². The smallest absolute Gasteiger partial charge is 0.0953 e. The van der Waals surface area contributed by atoms with Crippen molar-refractivity contribution in [3.8, 4) is 0 Å². The molecule has 1 aromatic carbocycles. The van der Waals surface area contributed by atoms with Crippen LogP contribution in [-0.2, 0) is 0 Å². The summed E-state index contributed by atoms with van der Waals surface area (Å²) in [6.45, 7) is 2.03. The molecular weight excluding hydrogens is 222 g/mol. The molecule has 1 heterocycles. The molecule has 0 fully saturated rings. The van der Waals surface area contributed by atoms with E-state index in [0.29, 0.717) is 0 Å². The maximum absolute atomic E-state index is 6.13. The lowest BCUT2D eigenvalue weighted by molar-refractivity contribution is 0.557. The Bertz CT molecular complexity index is 465. The predicted molar refractivity (Wildman–Crippen MR) is 65.8 cm³/mol. The molecular formula is C13H14ClNO. The Hall–Kier alpha value is -1.25. The van der Waals surface area contributed by atoms with Crippen molar-refractivity contribution in [1.82, 2.24) is 5.32 Å². The summed E-state index contributed by atoms with van der Waals surface area (Å²) in [5.41, 5.74) is 3.38. The Morgan fingerprint density at radius 3 is 2.75 bits per heavy atom. The van der Waals surface area contributed by atoms with Gasteiger partial charge in [0, 0.05) is 10.6 Å². The molecule has 1 unspecified atom stereocenters. The van der Waals surface area contributed by atoms with Crippen molar-refractivity contribution in [3.63, 3.8) is 0 Å². The van der Waals surface area contributed by atoms with E-state index < -0.39 is 0 Å². The van der Waals surface area contributed by atoms with E-state index in [2.05, 4.69) is 11.4 Å². The number of hydrogen-bond donors (Lipinski definition) is 1. The highest BCUT2D eigenvalue weighted by Gasteiger charge is 2.16. The number of rotatable bonds is 3. The van der Waals surface area contributed by atoms with Crippen LogP contribution in [0.3, 0.4) is 0 Å². The average Bonchev–Trinajstić information content (AvgIpc) is 2.79. The molecule has 0 bridgehead atoms. The van der Waals surface area contributed by atoms with Crippen LogP contribution in [-0.4, -0.2) is 7.05 Å². The average molecular weight is 236 g/mol. The summed E-state index contributed by atoms with van der Waals surface area (Å²) in [7, 11) is 1.93. The first kappa shape index (κ1) is 11.2. The Balaban J connectivity index is 2.45. The van der Waals surface area contributed by atoms with Gasteiger partial charge < -0.3 is 9.73 Å². The number of furan rings is 1. The van der Waals surface area contributed by atoms with Gasteiger partial charge in [-0.15, -0.1) is 0 Å². The first-order valence-corrected chi connectivity index (χ1v) is 5.56. The molecule has 0 saturated heterocycles. The van der Waals surface area contributed by atoms with Crippen LogP contribution in [0.5, 0.6) is 0 Å². The van der Waals surface area contributed by atoms with Crippen molar-refractivity contribution in [2.75, 3.05) is 7.05 Å². The largest absolute Gasteiger partial charge is 0.472 e. The molecule has 2 aromatic rings. The quantitative estimate of drug-likeness (QED) is 0.880. The lowest BCUT2D eigenvalue weighted by Gasteiger charge is -2.18. The van der Waals surface area contributed by atoms with Gasteiger partial charge in [0.05, 0.1) is 18.6 Å². The molecule has 0 spiro atoms. The minimum Gasteiger partial charge on any atom is -0.472 e. The highest BCUT2D eigenvalue weighted by Crippen LogP contribution is 2.28. The van der Waals surface area contributed by atoms with Crippen molar-refractivity contribution < 1.29 is 4.42 Å². The zero-order chi connectivity index (χ0) is 11.5. The first-order valence-electron chi connectivity index (χ1n) is 5.18. The van der Waals surface area contributed by atoms with Gasteiger partial charge in [-0.25, -0.2) is 0 Å². The van der Waals surface area contributed by atoms with E-state index in [4.69, 9.17) is 16.0 Å². The van der Waals surface area contributed by atoms with Crippen molar-refractivity contribution in [1.29, 1.82) is 0 Å². The van der Waals surface area contributed by atoms with Gasteiger partial charge in [0.1, 0.15) is 0 Å². The maximum atomic E-state index is 6.13. The number of nitrogens with one attached hydrogen (secondary N) is 1. The number of halogens is 1. The Labute approximate surface area is 100 Å². The van der Waals surface area contributed by atoms with E-state index in [1.54, 1.807) is 12.5 Å². The standard InChI is InChI=1S/C13H14ClNO/c1-9-11(4-3-5-12(9)14)13(15-2)10-6-7-16-8-10/h3-8,13,15H,1-2H3. The minimum absolute atomic E-state index is 0.123. The van der Waals surface area contributed by atoms with Gasteiger partial charge in [0.2, 0.25) is 0 Å². The van der Waals surface area contributed by atoms with Gasteiger partial charge in [-0.05, 0) is 37.2 Å². The monoisotopic (exact) mass is 235 g/mol. The lowest BCUT2D eigenvalue weighted by Crippen LogP contribution is -2.18. The Morgan fingerprint density at radius 1 is 1.31 bits per heavy atom. The Morgan fingerprint density at radius 2 is 2.12 bits per heavy atom. The van der Waals surface area contributed by atoms with Gasteiger partial charge in [0.25, 0.3) is 0 Å². The molecule has 16 heavy (non-hydrogen) atoms. The van der Waals surface area contributed by atoms with Crippen LogP contribution in [0.15, 0.2) is 41.2 Å². The van der Waals surface area contributed by atoms with Crippen LogP contribution in [0.25, 0.3) is 0 Å². The lowest BCUT2D eigenvalue weighted by atomic mass is 9.97. The van der Waals surface area contributed by atoms with E-state index in [-0.39, 0.29) is 6.04 Å². The molecule has 2 rings (SSSR count). The molecule has 0 radical (unpaired) electrons. The highest BCUT2D eigenvalue weighted by molar-refractivity contribution is 6.31. The SMILES string of the molecule is CNC(c1ccoc1)c1cccc(Cl)c1C. The second-order valence-electron chi connectivity index (χ2n) is 3.73. The van der Waals surface area contributed by atoms with Crippen molar-refractivity contribution in [2.24, 2.45) is 0 Å². The van der Waals surface area contributed by atoms with Crippen LogP contribution in [0.1, 0.15) is 22.7 Å². The molecule has 1 atom stereocenters. The van der Waals surface area contributed by atoms with Gasteiger partial charge in [-0.1, -0.05) is 23.7 Å². The Kier molecular flexibility index (Phi) is 3.32. The van der Waals surface area contributed by atoms with Gasteiger partial charge in [-0.2, -0.15) is 0 Å². The molecule has 0 aliphatic heterocycles. The highest BCUT2D eigenvalue weighted by atomic mass is 35.5. The third-order valence-electron chi connectivity index (χ3n) is 2.79. The van der Waals surface area contributed by atoms with E-state index in [1.165, 1.54) is 5.56 Å². The topological polar surface area (TPSA) is 25.2 Å². The zero-order valence-electron chi connectivity index (χ0n) is 9.33. The molecule has 1 N–H and O–H groups in total. The molecule has 0 aliphatic carbocycles. The summed E-state index contributed by atoms with van der Waals surface area (Å²) in [6.07, 6.45) is 3.43. The molecule has 0 saturated carbocycles. The zero-order valence-corrected chi connectivity index (χ0v) is 10.1. The number of benzene rings is 1. The molecule has 84 valence electrons. The van der Waals surface area contributed by atoms with Crippen LogP contribution in [0.4, 0.5) is 0 Å². The van der Waals surface area contributed by atoms with Crippen LogP contribution >= 0.6 is 11.6 Å². The van der Waals surface area contributed by atoms with Crippen molar-refractivity contribution in [3.05, 3.63) is 58.5 Å². The van der Waals surface area contributed by atoms with Gasteiger partial charge in [0.15, 0.2) is 0 Å². The fourth-order valence-corrected chi connectivity index (χ4v) is 2.06. The van der Waals surface area contributed by atoms with Crippen molar-refractivity contribution in [2.45, 2.75) is 13.0 Å². The summed E-state index contributed by atoms with van der Waals surface area (Å²) in [5.74, 6) is 0. The third kappa shape index (κ3) is 1.99. The second kappa shape index (κ2) is 4.73. The van der Waals surface area contributed by atoms with E-state index in [1.807, 2.05) is 32.2 Å². The van der Waals surface area contributed by atoms with Crippen LogP contribution < -0.4 is 5.32 Å². The third-order valence-corrected chi connectivity index (χ3v) is 3.20. The minimum atomic E-state index is 0.123. The molecule has 1 aromatic heterocycles. The summed E-state index contributed by atoms with van der Waals surface area (Å²) in [4.78, 5) is 0. The molecule has 2 nitrogen and oxygen atoms in total. The van der Waals surface area contributed by atoms with Gasteiger partial charge >= 0.3 is 0 Å². The fraction of sp³-hybridized carbons (Fsp3) is 0.231. The normalized spacial score (nSPS) is 12.7. The summed E-state index contributed by atoms with van der Waals surface area (Å²) < 4.78 is 5.12.